The van der Waals surface area contributed by atoms with Gasteiger partial charge in [0, 0.05) is 11.3 Å². The first kappa shape index (κ1) is 21.3. The summed E-state index contributed by atoms with van der Waals surface area (Å²) in [7, 11) is 0. The van der Waals surface area contributed by atoms with E-state index in [9.17, 15) is 19.1 Å². The van der Waals surface area contributed by atoms with Crippen molar-refractivity contribution in [3.05, 3.63) is 101 Å². The van der Waals surface area contributed by atoms with Crippen molar-refractivity contribution >= 4 is 23.1 Å². The molecule has 6 heteroatoms. The Kier molecular flexibility index (Phi) is 5.77. The maximum Gasteiger partial charge on any atom is 0.300 e. The number of Topliss-reactive ketones (excluding diaryl/α,β-unsaturated/α-hetero) is 1. The van der Waals surface area contributed by atoms with Crippen LogP contribution < -0.4 is 9.64 Å². The van der Waals surface area contributed by atoms with Crippen LogP contribution in [0.15, 0.2) is 78.4 Å². The lowest BCUT2D eigenvalue weighted by Gasteiger charge is -2.26. The molecule has 0 spiro atoms. The number of nitrogens with zero attached hydrogens (tertiary/aromatic N) is 1. The van der Waals surface area contributed by atoms with Crippen molar-refractivity contribution in [2.45, 2.75) is 19.9 Å². The molecule has 5 nitrogen and oxygen atoms in total. The smallest absolute Gasteiger partial charge is 0.300 e. The molecule has 1 amide bonds. The SMILES string of the molecule is CCOc1cccc(/C(O)=C2\C(=O)C(=O)N(c3cccc(F)c3)C2c2ccccc2C)c1. The summed E-state index contributed by atoms with van der Waals surface area (Å²) >= 11 is 0. The largest absolute Gasteiger partial charge is 0.507 e. The van der Waals surface area contributed by atoms with Gasteiger partial charge in [0.1, 0.15) is 17.3 Å². The van der Waals surface area contributed by atoms with Crippen molar-refractivity contribution in [2.24, 2.45) is 0 Å². The third-order valence-corrected chi connectivity index (χ3v) is 5.43. The number of aryl methyl sites for hydroxylation is 1. The van der Waals surface area contributed by atoms with Crippen LogP contribution >= 0.6 is 0 Å². The van der Waals surface area contributed by atoms with Gasteiger partial charge in [-0.1, -0.05) is 42.5 Å². The van der Waals surface area contributed by atoms with Crippen molar-refractivity contribution in [3.8, 4) is 5.75 Å². The zero-order chi connectivity index (χ0) is 22.8. The minimum Gasteiger partial charge on any atom is -0.507 e. The first-order valence-corrected chi connectivity index (χ1v) is 10.3. The number of rotatable bonds is 5. The van der Waals surface area contributed by atoms with Gasteiger partial charge in [0.15, 0.2) is 0 Å². The predicted molar refractivity (Wildman–Crippen MR) is 120 cm³/mol. The van der Waals surface area contributed by atoms with Gasteiger partial charge in [-0.3, -0.25) is 14.5 Å². The molecule has 3 aromatic rings. The van der Waals surface area contributed by atoms with Gasteiger partial charge in [-0.2, -0.15) is 0 Å². The van der Waals surface area contributed by atoms with E-state index in [0.29, 0.717) is 23.5 Å². The monoisotopic (exact) mass is 431 g/mol. The highest BCUT2D eigenvalue weighted by Gasteiger charge is 2.47. The number of aliphatic hydroxyl groups is 1. The fraction of sp³-hybridized carbons (Fsp3) is 0.154. The summed E-state index contributed by atoms with van der Waals surface area (Å²) in [5.41, 5.74) is 2.03. The molecule has 1 N–H and O–H groups in total. The standard InChI is InChI=1S/C26H22FNO4/c1-3-32-20-12-6-9-17(14-20)24(29)22-23(21-13-5-4-8-16(21)2)28(26(31)25(22)30)19-11-7-10-18(27)15-19/h4-15,23,29H,3H2,1-2H3/b24-22+. The topological polar surface area (TPSA) is 66.8 Å². The quantitative estimate of drug-likeness (QED) is 0.344. The summed E-state index contributed by atoms with van der Waals surface area (Å²) in [6.45, 7) is 4.14. The molecule has 0 radical (unpaired) electrons. The van der Waals surface area contributed by atoms with Crippen molar-refractivity contribution in [3.63, 3.8) is 0 Å². The van der Waals surface area contributed by atoms with E-state index in [4.69, 9.17) is 4.74 Å². The number of hydrogen-bond acceptors (Lipinski definition) is 4. The predicted octanol–water partition coefficient (Wildman–Crippen LogP) is 5.16. The fourth-order valence-corrected chi connectivity index (χ4v) is 3.97. The Morgan fingerprint density at radius 1 is 1.03 bits per heavy atom. The number of ether oxygens (including phenoxy) is 1. The summed E-state index contributed by atoms with van der Waals surface area (Å²) in [5, 5.41) is 11.2. The van der Waals surface area contributed by atoms with E-state index in [2.05, 4.69) is 0 Å². The number of halogens is 1. The van der Waals surface area contributed by atoms with E-state index >= 15 is 0 Å². The van der Waals surface area contributed by atoms with Gasteiger partial charge < -0.3 is 9.84 Å². The van der Waals surface area contributed by atoms with Crippen LogP contribution in [0, 0.1) is 12.7 Å². The summed E-state index contributed by atoms with van der Waals surface area (Å²) in [6.07, 6.45) is 0. The molecule has 1 aliphatic rings. The van der Waals surface area contributed by atoms with Gasteiger partial charge in [-0.05, 0) is 55.3 Å². The molecule has 3 aromatic carbocycles. The first-order valence-electron chi connectivity index (χ1n) is 10.3. The molecule has 0 aromatic heterocycles. The maximum atomic E-state index is 14.0. The third kappa shape index (κ3) is 3.75. The van der Waals surface area contributed by atoms with E-state index in [0.717, 1.165) is 5.56 Å². The van der Waals surface area contributed by atoms with Gasteiger partial charge in [-0.25, -0.2) is 4.39 Å². The lowest BCUT2D eigenvalue weighted by Crippen LogP contribution is -2.29. The Balaban J connectivity index is 1.95. The lowest BCUT2D eigenvalue weighted by atomic mass is 9.92. The van der Waals surface area contributed by atoms with Crippen molar-refractivity contribution in [1.82, 2.24) is 0 Å². The number of carbonyl (C=O) groups excluding carboxylic acids is 2. The van der Waals surface area contributed by atoms with Crippen LogP contribution in [0.3, 0.4) is 0 Å². The lowest BCUT2D eigenvalue weighted by molar-refractivity contribution is -0.132. The number of ketones is 1. The number of anilines is 1. The number of benzene rings is 3. The number of amides is 1. The third-order valence-electron chi connectivity index (χ3n) is 5.43. The zero-order valence-corrected chi connectivity index (χ0v) is 17.7. The van der Waals surface area contributed by atoms with Crippen LogP contribution in [-0.2, 0) is 9.59 Å². The molecule has 1 saturated heterocycles. The average molecular weight is 431 g/mol. The van der Waals surface area contributed by atoms with Gasteiger partial charge in [0.2, 0.25) is 0 Å². The summed E-state index contributed by atoms with van der Waals surface area (Å²) in [6, 6.07) is 18.6. The molecule has 1 atom stereocenters. The van der Waals surface area contributed by atoms with E-state index in [1.807, 2.05) is 26.0 Å². The second-order valence-corrected chi connectivity index (χ2v) is 7.47. The first-order chi connectivity index (χ1) is 15.4. The summed E-state index contributed by atoms with van der Waals surface area (Å²) in [5.74, 6) is -1.97. The van der Waals surface area contributed by atoms with Crippen LogP contribution in [0.2, 0.25) is 0 Å². The molecule has 1 heterocycles. The van der Waals surface area contributed by atoms with Crippen LogP contribution in [-0.4, -0.2) is 23.4 Å². The number of aliphatic hydroxyl groups excluding tert-OH is 1. The Labute approximate surface area is 185 Å². The molecule has 1 aliphatic heterocycles. The van der Waals surface area contributed by atoms with Crippen molar-refractivity contribution in [1.29, 1.82) is 0 Å². The Bertz CT molecular complexity index is 1230. The average Bonchev–Trinajstić information content (AvgIpc) is 3.04. The Morgan fingerprint density at radius 2 is 1.78 bits per heavy atom. The Morgan fingerprint density at radius 3 is 2.50 bits per heavy atom. The normalized spacial score (nSPS) is 17.6. The van der Waals surface area contributed by atoms with Crippen molar-refractivity contribution in [2.75, 3.05) is 11.5 Å². The molecule has 32 heavy (non-hydrogen) atoms. The molecule has 0 aliphatic carbocycles. The van der Waals surface area contributed by atoms with E-state index < -0.39 is 23.5 Å². The van der Waals surface area contributed by atoms with Crippen LogP contribution in [0.25, 0.3) is 5.76 Å². The highest BCUT2D eigenvalue weighted by Crippen LogP contribution is 2.43. The summed E-state index contributed by atoms with van der Waals surface area (Å²) in [4.78, 5) is 27.5. The van der Waals surface area contributed by atoms with E-state index in [1.54, 1.807) is 42.5 Å². The fourth-order valence-electron chi connectivity index (χ4n) is 3.97. The van der Waals surface area contributed by atoms with Crippen molar-refractivity contribution < 1.29 is 23.8 Å². The van der Waals surface area contributed by atoms with Crippen LogP contribution in [0.4, 0.5) is 10.1 Å². The van der Waals surface area contributed by atoms with Gasteiger partial charge in [0.05, 0.1) is 18.2 Å². The van der Waals surface area contributed by atoms with Crippen LogP contribution in [0.1, 0.15) is 29.7 Å². The highest BCUT2D eigenvalue weighted by molar-refractivity contribution is 6.51. The molecular weight excluding hydrogens is 409 g/mol. The maximum absolute atomic E-state index is 14.0. The minimum atomic E-state index is -0.909. The van der Waals surface area contributed by atoms with E-state index in [-0.39, 0.29) is 17.0 Å². The highest BCUT2D eigenvalue weighted by atomic mass is 19.1. The molecule has 4 rings (SSSR count). The molecule has 162 valence electrons. The number of carbonyl (C=O) groups is 2. The molecule has 1 fully saturated rings. The summed E-state index contributed by atoms with van der Waals surface area (Å²) < 4.78 is 19.5. The van der Waals surface area contributed by atoms with Gasteiger partial charge in [-0.15, -0.1) is 0 Å². The Hall–Kier alpha value is -3.93. The molecule has 0 bridgehead atoms. The van der Waals surface area contributed by atoms with Gasteiger partial charge >= 0.3 is 0 Å². The van der Waals surface area contributed by atoms with Crippen LogP contribution in [0.5, 0.6) is 5.75 Å². The van der Waals surface area contributed by atoms with Gasteiger partial charge in [0.25, 0.3) is 11.7 Å². The number of hydrogen-bond donors (Lipinski definition) is 1. The minimum absolute atomic E-state index is 0.0535. The molecular formula is C26H22FNO4. The second-order valence-electron chi connectivity index (χ2n) is 7.47. The van der Waals surface area contributed by atoms with E-state index in [1.165, 1.54) is 23.1 Å². The molecule has 1 unspecified atom stereocenters. The molecule has 0 saturated carbocycles. The second kappa shape index (κ2) is 8.67. The zero-order valence-electron chi connectivity index (χ0n) is 17.7.